The fourth-order valence-electron chi connectivity index (χ4n) is 5.49. The van der Waals surface area contributed by atoms with Crippen molar-refractivity contribution < 1.29 is 28.8 Å². The first-order chi connectivity index (χ1) is 21.1. The predicted molar refractivity (Wildman–Crippen MR) is 171 cm³/mol. The number of nitrogens with two attached hydrogens (primary N) is 1. The topological polar surface area (TPSA) is 180 Å². The van der Waals surface area contributed by atoms with Gasteiger partial charge in [-0.05, 0) is 49.0 Å². The molecule has 0 aromatic heterocycles. The van der Waals surface area contributed by atoms with Gasteiger partial charge in [0.15, 0.2) is 0 Å². The minimum Gasteiger partial charge on any atom is -0.368 e. The molecule has 250 valence electrons. The van der Waals surface area contributed by atoms with Gasteiger partial charge in [-0.25, -0.2) is 0 Å². The summed E-state index contributed by atoms with van der Waals surface area (Å²) >= 11 is 0. The second-order valence-corrected chi connectivity index (χ2v) is 13.1. The molecule has 0 aliphatic carbocycles. The maximum absolute atomic E-state index is 13.8. The first kappa shape index (κ1) is 37.2. The molecular weight excluding hydrogens is 576 g/mol. The van der Waals surface area contributed by atoms with Crippen LogP contribution >= 0.6 is 0 Å². The van der Waals surface area contributed by atoms with Crippen molar-refractivity contribution in [1.29, 1.82) is 0 Å². The van der Waals surface area contributed by atoms with E-state index in [0.29, 0.717) is 25.8 Å². The molecule has 2 rings (SSSR count). The molecule has 45 heavy (non-hydrogen) atoms. The van der Waals surface area contributed by atoms with E-state index in [4.69, 9.17) is 5.73 Å². The molecule has 12 nitrogen and oxygen atoms in total. The summed E-state index contributed by atoms with van der Waals surface area (Å²) in [6, 6.07) is 4.54. The molecule has 1 aromatic rings. The Balaban J connectivity index is 2.29. The third-order valence-electron chi connectivity index (χ3n) is 7.83. The Hall–Kier alpha value is -3.96. The molecule has 1 aliphatic heterocycles. The van der Waals surface area contributed by atoms with Crippen LogP contribution < -0.4 is 27.0 Å². The standard InChI is InChI=1S/C33H52N6O6/c1-19(2)16-24(29(34)41)35-30(42)25(17-20(3)4)36-31(43)26(18-23-12-9-8-10-13-23)37-33(45)28(21(5)6)38-32(44)27-14-11-15-39(27)22(7)40/h8-10,12-13,19-21,24-28H,11,14-18H2,1-7H3,(H2,34,41)(H,35,42)(H,36,43)(H,37,45)(H,38,44)/t24-,25-,26-,27-,28-/m0/s1. The summed E-state index contributed by atoms with van der Waals surface area (Å²) in [5.41, 5.74) is 6.32. The fourth-order valence-corrected chi connectivity index (χ4v) is 5.49. The molecule has 0 bridgehead atoms. The Bertz CT molecular complexity index is 1190. The third kappa shape index (κ3) is 11.8. The lowest BCUT2D eigenvalue weighted by Crippen LogP contribution is -2.60. The lowest BCUT2D eigenvalue weighted by Gasteiger charge is -2.29. The molecule has 0 radical (unpaired) electrons. The van der Waals surface area contributed by atoms with Crippen molar-refractivity contribution >= 4 is 35.4 Å². The Morgan fingerprint density at radius 2 is 1.31 bits per heavy atom. The molecular formula is C33H52N6O6. The van der Waals surface area contributed by atoms with Crippen molar-refractivity contribution in [3.05, 3.63) is 35.9 Å². The number of amides is 6. The molecule has 1 aromatic carbocycles. The van der Waals surface area contributed by atoms with Crippen LogP contribution in [0.5, 0.6) is 0 Å². The number of hydrogen-bond donors (Lipinski definition) is 5. The van der Waals surface area contributed by atoms with Gasteiger partial charge in [-0.2, -0.15) is 0 Å². The van der Waals surface area contributed by atoms with Gasteiger partial charge in [0.05, 0.1) is 0 Å². The van der Waals surface area contributed by atoms with E-state index in [9.17, 15) is 28.8 Å². The molecule has 1 saturated heterocycles. The van der Waals surface area contributed by atoms with Gasteiger partial charge in [-0.15, -0.1) is 0 Å². The lowest BCUT2D eigenvalue weighted by atomic mass is 9.98. The second-order valence-electron chi connectivity index (χ2n) is 13.1. The average Bonchev–Trinajstić information content (AvgIpc) is 3.45. The second kappa shape index (κ2) is 17.5. The summed E-state index contributed by atoms with van der Waals surface area (Å²) in [6.45, 7) is 13.1. The molecule has 0 saturated carbocycles. The average molecular weight is 629 g/mol. The van der Waals surface area contributed by atoms with E-state index in [1.165, 1.54) is 11.8 Å². The molecule has 6 amide bonds. The van der Waals surface area contributed by atoms with Crippen LogP contribution in [-0.2, 0) is 35.2 Å². The number of benzene rings is 1. The van der Waals surface area contributed by atoms with Crippen molar-refractivity contribution in [2.75, 3.05) is 6.54 Å². The molecule has 0 unspecified atom stereocenters. The summed E-state index contributed by atoms with van der Waals surface area (Å²) in [6.07, 6.45) is 1.96. The highest BCUT2D eigenvalue weighted by molar-refractivity contribution is 5.96. The van der Waals surface area contributed by atoms with Crippen molar-refractivity contribution in [2.24, 2.45) is 23.5 Å². The van der Waals surface area contributed by atoms with Crippen LogP contribution in [-0.4, -0.2) is 77.1 Å². The maximum atomic E-state index is 13.8. The number of carbonyl (C=O) groups is 6. The Morgan fingerprint density at radius 1 is 0.778 bits per heavy atom. The van der Waals surface area contributed by atoms with Crippen LogP contribution in [0.3, 0.4) is 0 Å². The zero-order valence-electron chi connectivity index (χ0n) is 27.7. The number of rotatable bonds is 16. The number of nitrogens with one attached hydrogen (secondary N) is 4. The Labute approximate surface area is 267 Å². The molecule has 1 aliphatic rings. The van der Waals surface area contributed by atoms with Gasteiger partial charge in [0.1, 0.15) is 30.2 Å². The quantitative estimate of drug-likeness (QED) is 0.185. The van der Waals surface area contributed by atoms with Crippen molar-refractivity contribution in [3.8, 4) is 0 Å². The highest BCUT2D eigenvalue weighted by Gasteiger charge is 2.37. The SMILES string of the molecule is CC(=O)N1CCC[C@H]1C(=O)N[C@H](C(=O)N[C@@H](Cc1ccccc1)C(=O)N[C@@H](CC(C)C)C(=O)N[C@@H](CC(C)C)C(N)=O)C(C)C. The Kier molecular flexibility index (Phi) is 14.5. The third-order valence-corrected chi connectivity index (χ3v) is 7.83. The van der Waals surface area contributed by atoms with Gasteiger partial charge >= 0.3 is 0 Å². The number of carbonyl (C=O) groups excluding carboxylic acids is 6. The zero-order chi connectivity index (χ0) is 33.8. The first-order valence-corrected chi connectivity index (χ1v) is 15.9. The molecule has 1 fully saturated rings. The lowest BCUT2D eigenvalue weighted by molar-refractivity contribution is -0.139. The normalized spacial score (nSPS) is 17.4. The molecule has 1 heterocycles. The van der Waals surface area contributed by atoms with Crippen LogP contribution in [0.25, 0.3) is 0 Å². The predicted octanol–water partition coefficient (Wildman–Crippen LogP) is 1.41. The van der Waals surface area contributed by atoms with Gasteiger partial charge in [0.2, 0.25) is 35.4 Å². The van der Waals surface area contributed by atoms with E-state index in [2.05, 4.69) is 21.3 Å². The fraction of sp³-hybridized carbons (Fsp3) is 0.636. The number of likely N-dealkylation sites (tertiary alicyclic amines) is 1. The van der Waals surface area contributed by atoms with Crippen LogP contribution in [0.15, 0.2) is 30.3 Å². The van der Waals surface area contributed by atoms with Crippen molar-refractivity contribution in [2.45, 2.75) is 111 Å². The monoisotopic (exact) mass is 628 g/mol. The zero-order valence-corrected chi connectivity index (χ0v) is 27.7. The summed E-state index contributed by atoms with van der Waals surface area (Å²) in [5.74, 6) is -3.17. The van der Waals surface area contributed by atoms with Gasteiger partial charge in [-0.1, -0.05) is 71.9 Å². The van der Waals surface area contributed by atoms with Crippen molar-refractivity contribution in [1.82, 2.24) is 26.2 Å². The summed E-state index contributed by atoms with van der Waals surface area (Å²) < 4.78 is 0. The molecule has 6 N–H and O–H groups in total. The molecule has 5 atom stereocenters. The van der Waals surface area contributed by atoms with E-state index in [-0.39, 0.29) is 36.5 Å². The number of nitrogens with zero attached hydrogens (tertiary/aromatic N) is 1. The molecule has 12 heteroatoms. The molecule has 0 spiro atoms. The van der Waals surface area contributed by atoms with Gasteiger partial charge in [0, 0.05) is 19.9 Å². The van der Waals surface area contributed by atoms with Crippen molar-refractivity contribution in [3.63, 3.8) is 0 Å². The van der Waals surface area contributed by atoms with E-state index in [1.807, 2.05) is 58.0 Å². The summed E-state index contributed by atoms with van der Waals surface area (Å²) in [5, 5.41) is 11.1. The van der Waals surface area contributed by atoms with Crippen LogP contribution in [0.1, 0.15) is 79.7 Å². The van der Waals surface area contributed by atoms with Gasteiger partial charge in [0.25, 0.3) is 0 Å². The summed E-state index contributed by atoms with van der Waals surface area (Å²) in [4.78, 5) is 79.5. The van der Waals surface area contributed by atoms with E-state index >= 15 is 0 Å². The van der Waals surface area contributed by atoms with E-state index < -0.39 is 59.7 Å². The highest BCUT2D eigenvalue weighted by atomic mass is 16.2. The Morgan fingerprint density at radius 3 is 1.84 bits per heavy atom. The van der Waals surface area contributed by atoms with Gasteiger partial charge in [-0.3, -0.25) is 28.8 Å². The van der Waals surface area contributed by atoms with Crippen LogP contribution in [0.4, 0.5) is 0 Å². The number of primary amides is 1. The summed E-state index contributed by atoms with van der Waals surface area (Å²) in [7, 11) is 0. The first-order valence-electron chi connectivity index (χ1n) is 15.9. The minimum atomic E-state index is -1.08. The number of hydrogen-bond acceptors (Lipinski definition) is 6. The van der Waals surface area contributed by atoms with E-state index in [1.54, 1.807) is 13.8 Å². The maximum Gasteiger partial charge on any atom is 0.243 e. The minimum absolute atomic E-state index is 0.0195. The highest BCUT2D eigenvalue weighted by Crippen LogP contribution is 2.18. The van der Waals surface area contributed by atoms with Gasteiger partial charge < -0.3 is 31.9 Å². The van der Waals surface area contributed by atoms with Crippen LogP contribution in [0, 0.1) is 17.8 Å². The van der Waals surface area contributed by atoms with E-state index in [0.717, 1.165) is 5.56 Å². The smallest absolute Gasteiger partial charge is 0.243 e. The largest absolute Gasteiger partial charge is 0.368 e. The van der Waals surface area contributed by atoms with Crippen LogP contribution in [0.2, 0.25) is 0 Å².